The highest BCUT2D eigenvalue weighted by Crippen LogP contribution is 2.33. The van der Waals surface area contributed by atoms with Crippen LogP contribution in [0.1, 0.15) is 32.0 Å². The van der Waals surface area contributed by atoms with E-state index in [2.05, 4.69) is 50.1 Å². The molecule has 2 heterocycles. The summed E-state index contributed by atoms with van der Waals surface area (Å²) in [7, 11) is 0. The Morgan fingerprint density at radius 3 is 2.41 bits per heavy atom. The van der Waals surface area contributed by atoms with E-state index in [-0.39, 0.29) is 5.41 Å². The maximum atomic E-state index is 4.77. The highest BCUT2D eigenvalue weighted by molar-refractivity contribution is 5.55. The zero-order chi connectivity index (χ0) is 15.7. The van der Waals surface area contributed by atoms with Gasteiger partial charge in [0.05, 0.1) is 11.4 Å². The highest BCUT2D eigenvalue weighted by Gasteiger charge is 2.24. The van der Waals surface area contributed by atoms with Crippen LogP contribution in [0.5, 0.6) is 0 Å². The standard InChI is InChI=1S/C18H20N4/c1-13-10-11-22-15(12-13)19-16(18(2,3)4)17(22)21-20-14-8-6-5-7-9-14/h5-12H,1-4H3. The number of aromatic nitrogens is 2. The Labute approximate surface area is 130 Å². The third-order valence-corrected chi connectivity index (χ3v) is 3.48. The third-order valence-electron chi connectivity index (χ3n) is 3.48. The fourth-order valence-corrected chi connectivity index (χ4v) is 2.33. The second-order valence-electron chi connectivity index (χ2n) is 6.50. The van der Waals surface area contributed by atoms with Gasteiger partial charge in [-0.15, -0.1) is 10.2 Å². The van der Waals surface area contributed by atoms with Crippen molar-refractivity contribution in [1.82, 2.24) is 9.38 Å². The van der Waals surface area contributed by atoms with Crippen molar-refractivity contribution >= 4 is 17.2 Å². The topological polar surface area (TPSA) is 42.0 Å². The minimum absolute atomic E-state index is 0.0923. The van der Waals surface area contributed by atoms with Crippen molar-refractivity contribution in [2.24, 2.45) is 10.2 Å². The van der Waals surface area contributed by atoms with Crippen LogP contribution in [0.25, 0.3) is 5.65 Å². The largest absolute Gasteiger partial charge is 0.283 e. The van der Waals surface area contributed by atoms with Crippen molar-refractivity contribution in [3.05, 3.63) is 59.9 Å². The first kappa shape index (κ1) is 14.4. The zero-order valence-corrected chi connectivity index (χ0v) is 13.4. The molecule has 0 atom stereocenters. The van der Waals surface area contributed by atoms with Crippen LogP contribution in [0.15, 0.2) is 58.9 Å². The van der Waals surface area contributed by atoms with Crippen LogP contribution in [0, 0.1) is 6.92 Å². The normalized spacial score (nSPS) is 12.4. The molecular weight excluding hydrogens is 272 g/mol. The number of azo groups is 1. The summed E-state index contributed by atoms with van der Waals surface area (Å²) in [6.45, 7) is 8.49. The van der Waals surface area contributed by atoms with Crippen LogP contribution in [-0.2, 0) is 5.41 Å². The molecule has 4 heteroatoms. The molecule has 0 unspecified atom stereocenters. The van der Waals surface area contributed by atoms with Gasteiger partial charge in [0, 0.05) is 11.6 Å². The minimum atomic E-state index is -0.0923. The van der Waals surface area contributed by atoms with Gasteiger partial charge >= 0.3 is 0 Å². The second-order valence-corrected chi connectivity index (χ2v) is 6.50. The summed E-state index contributed by atoms with van der Waals surface area (Å²) in [5, 5.41) is 8.85. The van der Waals surface area contributed by atoms with Gasteiger partial charge in [0.2, 0.25) is 0 Å². The molecule has 3 rings (SSSR count). The summed E-state index contributed by atoms with van der Waals surface area (Å²) in [5.74, 6) is 0.798. The highest BCUT2D eigenvalue weighted by atomic mass is 15.2. The fraction of sp³-hybridized carbons (Fsp3) is 0.278. The lowest BCUT2D eigenvalue weighted by Gasteiger charge is -2.15. The molecule has 3 aromatic rings. The first-order valence-corrected chi connectivity index (χ1v) is 7.41. The monoisotopic (exact) mass is 292 g/mol. The molecule has 0 amide bonds. The molecule has 0 N–H and O–H groups in total. The zero-order valence-electron chi connectivity index (χ0n) is 13.4. The molecule has 0 aliphatic rings. The number of hydrogen-bond donors (Lipinski definition) is 0. The molecule has 1 aromatic carbocycles. The summed E-state index contributed by atoms with van der Waals surface area (Å²) < 4.78 is 2.00. The molecule has 0 bridgehead atoms. The van der Waals surface area contributed by atoms with E-state index in [4.69, 9.17) is 4.98 Å². The lowest BCUT2D eigenvalue weighted by Crippen LogP contribution is -2.11. The number of rotatable bonds is 2. The summed E-state index contributed by atoms with van der Waals surface area (Å²) in [5.41, 5.74) is 3.80. The Hall–Kier alpha value is -2.49. The van der Waals surface area contributed by atoms with Gasteiger partial charge in [-0.05, 0) is 36.8 Å². The molecule has 112 valence electrons. The molecule has 0 saturated heterocycles. The van der Waals surface area contributed by atoms with E-state index >= 15 is 0 Å². The van der Waals surface area contributed by atoms with Gasteiger partial charge in [-0.2, -0.15) is 0 Å². The predicted molar refractivity (Wildman–Crippen MR) is 89.2 cm³/mol. The van der Waals surface area contributed by atoms with Crippen molar-refractivity contribution in [2.45, 2.75) is 33.1 Å². The summed E-state index contributed by atoms with van der Waals surface area (Å²) in [6, 6.07) is 13.9. The van der Waals surface area contributed by atoms with E-state index in [0.29, 0.717) is 0 Å². The van der Waals surface area contributed by atoms with E-state index in [1.807, 2.05) is 40.9 Å². The van der Waals surface area contributed by atoms with E-state index < -0.39 is 0 Å². The van der Waals surface area contributed by atoms with Crippen LogP contribution in [0.4, 0.5) is 11.5 Å². The van der Waals surface area contributed by atoms with Crippen LogP contribution >= 0.6 is 0 Å². The number of imidazole rings is 1. The van der Waals surface area contributed by atoms with Gasteiger partial charge in [0.1, 0.15) is 5.65 Å². The Balaban J connectivity index is 2.16. The number of aryl methyl sites for hydroxylation is 1. The SMILES string of the molecule is Cc1ccn2c(N=Nc3ccccc3)c(C(C)(C)C)nc2c1. The summed E-state index contributed by atoms with van der Waals surface area (Å²) in [4.78, 5) is 4.77. The molecule has 0 spiro atoms. The molecule has 0 aliphatic heterocycles. The lowest BCUT2D eigenvalue weighted by atomic mass is 9.92. The van der Waals surface area contributed by atoms with Gasteiger partial charge in [-0.3, -0.25) is 4.40 Å². The number of pyridine rings is 1. The Morgan fingerprint density at radius 1 is 1.00 bits per heavy atom. The number of benzene rings is 1. The Bertz CT molecular complexity index is 823. The van der Waals surface area contributed by atoms with Gasteiger partial charge in [-0.25, -0.2) is 4.98 Å². The molecule has 22 heavy (non-hydrogen) atoms. The molecule has 2 aromatic heterocycles. The van der Waals surface area contributed by atoms with Crippen molar-refractivity contribution in [1.29, 1.82) is 0 Å². The van der Waals surface area contributed by atoms with Crippen LogP contribution < -0.4 is 0 Å². The molecule has 0 fully saturated rings. The first-order chi connectivity index (χ1) is 10.4. The summed E-state index contributed by atoms with van der Waals surface area (Å²) >= 11 is 0. The van der Waals surface area contributed by atoms with Crippen molar-refractivity contribution < 1.29 is 0 Å². The second kappa shape index (κ2) is 5.37. The lowest BCUT2D eigenvalue weighted by molar-refractivity contribution is 0.574. The maximum absolute atomic E-state index is 4.77. The Kier molecular flexibility index (Phi) is 3.53. The first-order valence-electron chi connectivity index (χ1n) is 7.41. The van der Waals surface area contributed by atoms with E-state index in [0.717, 1.165) is 22.8 Å². The molecule has 0 saturated carbocycles. The predicted octanol–water partition coefficient (Wildman–Crippen LogP) is 5.36. The number of fused-ring (bicyclic) bond motifs is 1. The van der Waals surface area contributed by atoms with Gasteiger partial charge in [-0.1, -0.05) is 39.0 Å². The third kappa shape index (κ3) is 2.77. The van der Waals surface area contributed by atoms with E-state index in [9.17, 15) is 0 Å². The van der Waals surface area contributed by atoms with Crippen molar-refractivity contribution in [3.63, 3.8) is 0 Å². The molecular formula is C18H20N4. The Morgan fingerprint density at radius 2 is 1.73 bits per heavy atom. The van der Waals surface area contributed by atoms with Gasteiger partial charge in [0.15, 0.2) is 5.82 Å². The van der Waals surface area contributed by atoms with Crippen molar-refractivity contribution in [2.75, 3.05) is 0 Å². The average Bonchev–Trinajstić information content (AvgIpc) is 2.84. The minimum Gasteiger partial charge on any atom is -0.283 e. The van der Waals surface area contributed by atoms with Crippen LogP contribution in [0.3, 0.4) is 0 Å². The van der Waals surface area contributed by atoms with Crippen molar-refractivity contribution in [3.8, 4) is 0 Å². The molecule has 0 radical (unpaired) electrons. The van der Waals surface area contributed by atoms with Crippen LogP contribution in [0.2, 0.25) is 0 Å². The van der Waals surface area contributed by atoms with Crippen LogP contribution in [-0.4, -0.2) is 9.38 Å². The maximum Gasteiger partial charge on any atom is 0.183 e. The summed E-state index contributed by atoms with van der Waals surface area (Å²) in [6.07, 6.45) is 2.01. The molecule has 0 aliphatic carbocycles. The van der Waals surface area contributed by atoms with E-state index in [1.54, 1.807) is 0 Å². The molecule has 4 nitrogen and oxygen atoms in total. The number of nitrogens with zero attached hydrogens (tertiary/aromatic N) is 4. The van der Waals surface area contributed by atoms with Gasteiger partial charge < -0.3 is 0 Å². The van der Waals surface area contributed by atoms with Gasteiger partial charge in [0.25, 0.3) is 0 Å². The quantitative estimate of drug-likeness (QED) is 0.586. The smallest absolute Gasteiger partial charge is 0.183 e. The van der Waals surface area contributed by atoms with E-state index in [1.165, 1.54) is 5.56 Å². The fourth-order valence-electron chi connectivity index (χ4n) is 2.33. The average molecular weight is 292 g/mol. The number of hydrogen-bond acceptors (Lipinski definition) is 3.